The first-order chi connectivity index (χ1) is 24.6. The van der Waals surface area contributed by atoms with Gasteiger partial charge < -0.3 is 14.4 Å². The molecule has 0 aliphatic carbocycles. The van der Waals surface area contributed by atoms with Gasteiger partial charge in [-0.25, -0.2) is 0 Å². The Morgan fingerprint density at radius 3 is 1.48 bits per heavy atom. The summed E-state index contributed by atoms with van der Waals surface area (Å²) >= 11 is 1.64. The number of hydrogen-bond acceptors (Lipinski definition) is 6. The Balaban J connectivity index is 4.15. The van der Waals surface area contributed by atoms with Crippen LogP contribution in [0.3, 0.4) is 0 Å². The predicted molar refractivity (Wildman–Crippen MR) is 220 cm³/mol. The summed E-state index contributed by atoms with van der Waals surface area (Å²) in [6.07, 6.45) is 37.6. The minimum Gasteiger partial charge on any atom is -0.466 e. The summed E-state index contributed by atoms with van der Waals surface area (Å²) in [5, 5.41) is 0.484. The highest BCUT2D eigenvalue weighted by Crippen LogP contribution is 2.25. The Morgan fingerprint density at radius 2 is 0.940 bits per heavy atom. The van der Waals surface area contributed by atoms with Gasteiger partial charge in [0.05, 0.1) is 6.61 Å². The predicted octanol–water partition coefficient (Wildman–Crippen LogP) is 13.5. The van der Waals surface area contributed by atoms with E-state index in [9.17, 15) is 9.59 Å². The fourth-order valence-electron chi connectivity index (χ4n) is 6.85. The van der Waals surface area contributed by atoms with E-state index in [2.05, 4.69) is 25.7 Å². The third kappa shape index (κ3) is 35.8. The quantitative estimate of drug-likeness (QED) is 0.0462. The second-order valence-electron chi connectivity index (χ2n) is 15.1. The monoisotopic (exact) mass is 726 g/mol. The maximum absolute atomic E-state index is 13.2. The van der Waals surface area contributed by atoms with Crippen molar-refractivity contribution in [2.45, 2.75) is 220 Å². The molecule has 0 saturated heterocycles. The summed E-state index contributed by atoms with van der Waals surface area (Å²) in [5.74, 6) is 1.27. The molecule has 0 unspecified atom stereocenters. The Morgan fingerprint density at radius 1 is 0.500 bits per heavy atom. The smallest absolute Gasteiger partial charge is 0.305 e. The van der Waals surface area contributed by atoms with Gasteiger partial charge in [0, 0.05) is 38.4 Å². The molecule has 0 radical (unpaired) electrons. The summed E-state index contributed by atoms with van der Waals surface area (Å²) in [6.45, 7) is 11.6. The Kier molecular flexibility index (Phi) is 40.7. The number of rotatable bonds is 41. The van der Waals surface area contributed by atoms with Gasteiger partial charge >= 0.3 is 5.97 Å². The lowest BCUT2D eigenvalue weighted by Gasteiger charge is -2.22. The zero-order valence-corrected chi connectivity index (χ0v) is 35.0. The Labute approximate surface area is 317 Å². The third-order valence-electron chi connectivity index (χ3n) is 10.2. The van der Waals surface area contributed by atoms with Crippen molar-refractivity contribution in [2.24, 2.45) is 5.92 Å². The first-order valence-corrected chi connectivity index (χ1v) is 23.1. The van der Waals surface area contributed by atoms with Crippen LogP contribution < -0.4 is 0 Å². The molecule has 0 rings (SSSR count). The first kappa shape index (κ1) is 49.4. The van der Waals surface area contributed by atoms with Crippen molar-refractivity contribution in [3.05, 3.63) is 0 Å². The summed E-state index contributed by atoms with van der Waals surface area (Å²) in [5.41, 5.74) is 0. The highest BCUT2D eigenvalue weighted by Gasteiger charge is 2.18. The largest absolute Gasteiger partial charge is 0.466 e. The van der Waals surface area contributed by atoms with E-state index in [0.29, 0.717) is 18.1 Å². The van der Waals surface area contributed by atoms with E-state index < -0.39 is 0 Å². The summed E-state index contributed by atoms with van der Waals surface area (Å²) in [4.78, 5) is 27.8. The first-order valence-electron chi connectivity index (χ1n) is 22.1. The highest BCUT2D eigenvalue weighted by molar-refractivity contribution is 8.13. The second-order valence-corrected chi connectivity index (χ2v) is 16.2. The van der Waals surface area contributed by atoms with E-state index in [1.807, 2.05) is 0 Å². The van der Waals surface area contributed by atoms with Gasteiger partial charge in [0.25, 0.3) is 0 Å². The topological polar surface area (TPSA) is 55.8 Å². The van der Waals surface area contributed by atoms with Crippen LogP contribution in [0.15, 0.2) is 0 Å². The molecule has 298 valence electrons. The summed E-state index contributed by atoms with van der Waals surface area (Å²) < 4.78 is 10.8. The maximum atomic E-state index is 13.2. The molecule has 50 heavy (non-hydrogen) atoms. The van der Waals surface area contributed by atoms with Crippen LogP contribution in [-0.2, 0) is 19.1 Å². The Bertz CT molecular complexity index is 690. The molecule has 0 N–H and O–H groups in total. The third-order valence-corrected chi connectivity index (χ3v) is 11.3. The molecular weight excluding hydrogens is 639 g/mol. The normalized spacial score (nSPS) is 11.6. The highest BCUT2D eigenvalue weighted by atomic mass is 32.2. The molecule has 0 aliphatic heterocycles. The average Bonchev–Trinajstić information content (AvgIpc) is 3.11. The van der Waals surface area contributed by atoms with Crippen LogP contribution in [0.1, 0.15) is 220 Å². The van der Waals surface area contributed by atoms with E-state index in [1.54, 1.807) is 18.9 Å². The molecule has 0 heterocycles. The molecule has 5 nitrogen and oxygen atoms in total. The molecule has 0 bridgehead atoms. The zero-order valence-electron chi connectivity index (χ0n) is 34.2. The fourth-order valence-corrected chi connectivity index (χ4v) is 7.87. The number of ether oxygens (including phenoxy) is 2. The van der Waals surface area contributed by atoms with E-state index in [0.717, 1.165) is 83.4 Å². The van der Waals surface area contributed by atoms with Crippen LogP contribution in [0.2, 0.25) is 0 Å². The number of carbonyl (C=O) groups excluding carboxylic acids is 2. The van der Waals surface area contributed by atoms with Crippen molar-refractivity contribution < 1.29 is 19.1 Å². The van der Waals surface area contributed by atoms with Crippen LogP contribution in [0.4, 0.5) is 0 Å². The lowest BCUT2D eigenvalue weighted by atomic mass is 9.95. The van der Waals surface area contributed by atoms with Gasteiger partial charge in [0.1, 0.15) is 0 Å². The standard InChI is InChI=1S/C44H87NO4S/c1-5-8-11-14-17-20-27-35-43(46)49-40-30-23-21-28-36-45(38-32-39-48-4)37-29-22-24-31-41-50-44(47)42(33-25-18-15-12-9-6-2)34-26-19-16-13-10-7-3/h42H,5-41H2,1-4H3. The fraction of sp³-hybridized carbons (Fsp3) is 0.955. The van der Waals surface area contributed by atoms with Crippen LogP contribution in [-0.4, -0.2) is 61.7 Å². The SMILES string of the molecule is CCCCCCCCCC(=O)OCCCCCCN(CCCCCCSC(=O)C(CCCCCCCC)CCCCCCCC)CCCOC. The lowest BCUT2D eigenvalue weighted by Crippen LogP contribution is -2.28. The number of nitrogens with zero attached hydrogens (tertiary/aromatic N) is 1. The average molecular weight is 726 g/mol. The van der Waals surface area contributed by atoms with Gasteiger partial charge in [-0.1, -0.05) is 174 Å². The van der Waals surface area contributed by atoms with Crippen molar-refractivity contribution in [1.29, 1.82) is 0 Å². The van der Waals surface area contributed by atoms with Crippen molar-refractivity contribution in [2.75, 3.05) is 45.7 Å². The summed E-state index contributed by atoms with van der Waals surface area (Å²) in [7, 11) is 1.79. The zero-order chi connectivity index (χ0) is 36.6. The number of esters is 1. The van der Waals surface area contributed by atoms with Crippen molar-refractivity contribution >= 4 is 22.8 Å². The van der Waals surface area contributed by atoms with E-state index in [-0.39, 0.29) is 11.9 Å². The second kappa shape index (κ2) is 41.2. The minimum atomic E-state index is -0.00994. The number of unbranched alkanes of at least 4 members (excludes halogenated alkanes) is 22. The molecule has 0 aliphatic rings. The number of hydrogen-bond donors (Lipinski definition) is 0. The molecule has 0 aromatic heterocycles. The maximum Gasteiger partial charge on any atom is 0.305 e. The van der Waals surface area contributed by atoms with Gasteiger partial charge in [-0.2, -0.15) is 0 Å². The lowest BCUT2D eigenvalue weighted by molar-refractivity contribution is -0.143. The molecule has 0 aromatic rings. The minimum absolute atomic E-state index is 0.00994. The number of thioether (sulfide) groups is 1. The van der Waals surface area contributed by atoms with Crippen molar-refractivity contribution in [3.8, 4) is 0 Å². The van der Waals surface area contributed by atoms with Crippen LogP contribution in [0.25, 0.3) is 0 Å². The molecule has 0 aromatic carbocycles. The van der Waals surface area contributed by atoms with Crippen LogP contribution >= 0.6 is 11.8 Å². The number of carbonyl (C=O) groups is 2. The molecule has 0 saturated carbocycles. The van der Waals surface area contributed by atoms with Gasteiger partial charge in [-0.3, -0.25) is 9.59 Å². The Hall–Kier alpha value is -0.590. The van der Waals surface area contributed by atoms with Gasteiger partial charge in [-0.05, 0) is 64.5 Å². The van der Waals surface area contributed by atoms with Crippen molar-refractivity contribution in [3.63, 3.8) is 0 Å². The van der Waals surface area contributed by atoms with Gasteiger partial charge in [0.2, 0.25) is 0 Å². The molecule has 6 heteroatoms. The van der Waals surface area contributed by atoms with Gasteiger partial charge in [-0.15, -0.1) is 0 Å². The van der Waals surface area contributed by atoms with Gasteiger partial charge in [0.15, 0.2) is 5.12 Å². The molecule has 0 atom stereocenters. The van der Waals surface area contributed by atoms with Crippen LogP contribution in [0, 0.1) is 5.92 Å². The van der Waals surface area contributed by atoms with E-state index >= 15 is 0 Å². The molecule has 0 spiro atoms. The van der Waals surface area contributed by atoms with E-state index in [4.69, 9.17) is 9.47 Å². The molecule has 0 fully saturated rings. The van der Waals surface area contributed by atoms with Crippen molar-refractivity contribution in [1.82, 2.24) is 4.90 Å². The van der Waals surface area contributed by atoms with E-state index in [1.165, 1.54) is 141 Å². The number of methoxy groups -OCH3 is 1. The summed E-state index contributed by atoms with van der Waals surface area (Å²) in [6, 6.07) is 0. The molecular formula is C44H87NO4S. The molecule has 0 amide bonds. The van der Waals surface area contributed by atoms with Crippen LogP contribution in [0.5, 0.6) is 0 Å².